The lowest BCUT2D eigenvalue weighted by molar-refractivity contribution is -0.118. The van der Waals surface area contributed by atoms with Crippen molar-refractivity contribution >= 4 is 34.1 Å². The maximum Gasteiger partial charge on any atom is 0.341 e. The third-order valence-corrected chi connectivity index (χ3v) is 7.75. The summed E-state index contributed by atoms with van der Waals surface area (Å²) in [6.45, 7) is 1.99. The van der Waals surface area contributed by atoms with Crippen LogP contribution in [-0.2, 0) is 22.4 Å². The Hall–Kier alpha value is -2.87. The fraction of sp³-hybridized carbons (Fsp3) is 0.500. The van der Waals surface area contributed by atoms with Crippen molar-refractivity contribution in [3.05, 3.63) is 45.8 Å². The second-order valence-electron chi connectivity index (χ2n) is 9.22. The van der Waals surface area contributed by atoms with Gasteiger partial charge in [-0.15, -0.1) is 11.3 Å². The Bertz CT molecular complexity index is 1040. The molecule has 2 aromatic rings. The van der Waals surface area contributed by atoms with E-state index in [9.17, 15) is 14.4 Å². The summed E-state index contributed by atoms with van der Waals surface area (Å²) in [6.07, 6.45) is 8.35. The van der Waals surface area contributed by atoms with Crippen LogP contribution >= 0.6 is 11.3 Å². The van der Waals surface area contributed by atoms with Crippen LogP contribution in [0.4, 0.5) is 5.00 Å². The molecular weight excluding hydrogens is 452 g/mol. The molecule has 2 aliphatic rings. The maximum atomic E-state index is 12.6. The van der Waals surface area contributed by atoms with E-state index in [1.165, 1.54) is 24.9 Å². The van der Waals surface area contributed by atoms with Crippen LogP contribution in [0.5, 0.6) is 5.75 Å². The normalized spacial score (nSPS) is 18.0. The number of nitrogens with one attached hydrogen (secondary N) is 2. The highest BCUT2D eigenvalue weighted by atomic mass is 32.1. The number of ether oxygens (including phenoxy) is 2. The number of hydrogen-bond acceptors (Lipinski definition) is 6. The summed E-state index contributed by atoms with van der Waals surface area (Å²) < 4.78 is 10.6. The van der Waals surface area contributed by atoms with Crippen LogP contribution in [0.2, 0.25) is 0 Å². The number of thiophene rings is 1. The first-order valence-electron chi connectivity index (χ1n) is 12.0. The molecule has 0 aliphatic heterocycles. The number of esters is 1. The summed E-state index contributed by atoms with van der Waals surface area (Å²) >= 11 is 1.45. The lowest BCUT2D eigenvalue weighted by Crippen LogP contribution is -2.36. The number of amides is 2. The van der Waals surface area contributed by atoms with Crippen molar-refractivity contribution in [3.8, 4) is 5.75 Å². The smallest absolute Gasteiger partial charge is 0.341 e. The van der Waals surface area contributed by atoms with Gasteiger partial charge in [-0.1, -0.05) is 26.2 Å². The zero-order valence-electron chi connectivity index (χ0n) is 19.8. The minimum atomic E-state index is -0.426. The molecule has 0 spiro atoms. The standard InChI is InChI=1S/C26H32N2O5S/c1-16-8-13-20-21(14-16)34-25(23(20)26(31)32-2)28-22(29)15-33-19-11-9-17(10-12-19)24(30)27-18-6-4-3-5-7-18/h9-12,16,18H,3-8,13-15H2,1-2H3,(H,27,30)(H,28,29). The van der Waals surface area contributed by atoms with Crippen molar-refractivity contribution in [2.75, 3.05) is 19.0 Å². The average molecular weight is 485 g/mol. The number of carbonyl (C=O) groups is 3. The Morgan fingerprint density at radius 1 is 1.06 bits per heavy atom. The number of hydrogen-bond donors (Lipinski definition) is 2. The van der Waals surface area contributed by atoms with Crippen molar-refractivity contribution in [2.45, 2.75) is 64.3 Å². The Morgan fingerprint density at radius 2 is 1.79 bits per heavy atom. The first kappa shape index (κ1) is 24.3. The van der Waals surface area contributed by atoms with E-state index in [2.05, 4.69) is 17.6 Å². The van der Waals surface area contributed by atoms with E-state index >= 15 is 0 Å². The quantitative estimate of drug-likeness (QED) is 0.554. The average Bonchev–Trinajstić information content (AvgIpc) is 3.19. The first-order chi connectivity index (χ1) is 16.4. The second-order valence-corrected chi connectivity index (χ2v) is 10.3. The van der Waals surface area contributed by atoms with Crippen LogP contribution in [0.15, 0.2) is 24.3 Å². The summed E-state index contributed by atoms with van der Waals surface area (Å²) in [5.41, 5.74) is 2.04. The zero-order chi connectivity index (χ0) is 24.1. The Labute approximate surface area is 204 Å². The van der Waals surface area contributed by atoms with E-state index in [0.29, 0.717) is 27.8 Å². The van der Waals surface area contributed by atoms with Gasteiger partial charge in [0.25, 0.3) is 11.8 Å². The Morgan fingerprint density at radius 3 is 2.50 bits per heavy atom. The molecule has 8 heteroatoms. The lowest BCUT2D eigenvalue weighted by Gasteiger charge is -2.22. The summed E-state index contributed by atoms with van der Waals surface area (Å²) in [6, 6.07) is 7.04. The van der Waals surface area contributed by atoms with Gasteiger partial charge < -0.3 is 20.1 Å². The lowest BCUT2D eigenvalue weighted by atomic mass is 9.88. The van der Waals surface area contributed by atoms with Gasteiger partial charge in [0.1, 0.15) is 10.8 Å². The summed E-state index contributed by atoms with van der Waals surface area (Å²) in [4.78, 5) is 38.6. The number of benzene rings is 1. The molecular formula is C26H32N2O5S. The van der Waals surface area contributed by atoms with Gasteiger partial charge in [-0.05, 0) is 67.9 Å². The number of rotatable bonds is 7. The molecule has 2 N–H and O–H groups in total. The van der Waals surface area contributed by atoms with Crippen molar-refractivity contribution in [1.82, 2.24) is 5.32 Å². The molecule has 0 bridgehead atoms. The summed E-state index contributed by atoms with van der Waals surface area (Å²) in [7, 11) is 1.35. The molecule has 0 saturated heterocycles. The molecule has 1 heterocycles. The molecule has 4 rings (SSSR count). The zero-order valence-corrected chi connectivity index (χ0v) is 20.6. The van der Waals surface area contributed by atoms with Gasteiger partial charge in [-0.2, -0.15) is 0 Å². The van der Waals surface area contributed by atoms with E-state index in [-0.39, 0.29) is 24.5 Å². The van der Waals surface area contributed by atoms with Gasteiger partial charge >= 0.3 is 5.97 Å². The number of anilines is 1. The largest absolute Gasteiger partial charge is 0.484 e. The van der Waals surface area contributed by atoms with Gasteiger partial charge in [-0.25, -0.2) is 4.79 Å². The molecule has 1 aromatic carbocycles. The van der Waals surface area contributed by atoms with Gasteiger partial charge in [0.15, 0.2) is 6.61 Å². The SMILES string of the molecule is COC(=O)c1c(NC(=O)COc2ccc(C(=O)NC3CCCCC3)cc2)sc2c1CCC(C)C2. The van der Waals surface area contributed by atoms with Gasteiger partial charge in [0.05, 0.1) is 12.7 Å². The fourth-order valence-electron chi connectivity index (χ4n) is 4.69. The number of fused-ring (bicyclic) bond motifs is 1. The summed E-state index contributed by atoms with van der Waals surface area (Å²) in [5, 5.41) is 6.45. The molecule has 1 saturated carbocycles. The topological polar surface area (TPSA) is 93.7 Å². The highest BCUT2D eigenvalue weighted by Gasteiger charge is 2.29. The van der Waals surface area contributed by atoms with Crippen molar-refractivity contribution in [3.63, 3.8) is 0 Å². The molecule has 2 amide bonds. The molecule has 34 heavy (non-hydrogen) atoms. The maximum absolute atomic E-state index is 12.6. The van der Waals surface area contributed by atoms with Crippen molar-refractivity contribution in [1.29, 1.82) is 0 Å². The molecule has 1 fully saturated rings. The van der Waals surface area contributed by atoms with E-state index in [1.807, 2.05) is 0 Å². The third-order valence-electron chi connectivity index (χ3n) is 6.58. The van der Waals surface area contributed by atoms with Crippen molar-refractivity contribution < 1.29 is 23.9 Å². The molecule has 182 valence electrons. The van der Waals surface area contributed by atoms with E-state index in [0.717, 1.165) is 55.4 Å². The van der Waals surface area contributed by atoms with Crippen LogP contribution in [0.3, 0.4) is 0 Å². The predicted octanol–water partition coefficient (Wildman–Crippen LogP) is 4.74. The molecule has 1 atom stereocenters. The number of carbonyl (C=O) groups excluding carboxylic acids is 3. The van der Waals surface area contributed by atoms with Crippen LogP contribution in [0.1, 0.15) is 76.6 Å². The Kier molecular flexibility index (Phi) is 7.88. The fourth-order valence-corrected chi connectivity index (χ4v) is 6.10. The van der Waals surface area contributed by atoms with E-state index in [1.54, 1.807) is 24.3 Å². The highest BCUT2D eigenvalue weighted by molar-refractivity contribution is 7.17. The first-order valence-corrected chi connectivity index (χ1v) is 12.8. The molecule has 1 unspecified atom stereocenters. The molecule has 7 nitrogen and oxygen atoms in total. The summed E-state index contributed by atoms with van der Waals surface area (Å²) in [5.74, 6) is 0.192. The second kappa shape index (κ2) is 11.0. The van der Waals surface area contributed by atoms with Crippen LogP contribution in [0.25, 0.3) is 0 Å². The van der Waals surface area contributed by atoms with Crippen LogP contribution < -0.4 is 15.4 Å². The minimum absolute atomic E-state index is 0.0810. The molecule has 1 aromatic heterocycles. The third kappa shape index (κ3) is 5.78. The minimum Gasteiger partial charge on any atom is -0.484 e. The predicted molar refractivity (Wildman–Crippen MR) is 132 cm³/mol. The Balaban J connectivity index is 1.33. The highest BCUT2D eigenvalue weighted by Crippen LogP contribution is 2.40. The van der Waals surface area contributed by atoms with Gasteiger partial charge in [0.2, 0.25) is 0 Å². The van der Waals surface area contributed by atoms with Crippen LogP contribution in [-0.4, -0.2) is 37.5 Å². The van der Waals surface area contributed by atoms with Crippen molar-refractivity contribution in [2.24, 2.45) is 5.92 Å². The van der Waals surface area contributed by atoms with E-state index in [4.69, 9.17) is 9.47 Å². The molecule has 2 aliphatic carbocycles. The van der Waals surface area contributed by atoms with Crippen LogP contribution in [0, 0.1) is 5.92 Å². The number of methoxy groups -OCH3 is 1. The monoisotopic (exact) mass is 484 g/mol. The van der Waals surface area contributed by atoms with Gasteiger partial charge in [0, 0.05) is 16.5 Å². The molecule has 0 radical (unpaired) electrons. The van der Waals surface area contributed by atoms with Gasteiger partial charge in [-0.3, -0.25) is 9.59 Å². The van der Waals surface area contributed by atoms with E-state index < -0.39 is 5.97 Å².